The number of rotatable bonds is 8. The van der Waals surface area contributed by atoms with Gasteiger partial charge in [-0.25, -0.2) is 0 Å². The molecule has 0 spiro atoms. The third-order valence-corrected chi connectivity index (χ3v) is 7.13. The Morgan fingerprint density at radius 1 is 1.20 bits per heavy atom. The number of halogens is 1. The molecule has 4 aromatic rings. The number of hydrogen-bond donors (Lipinski definition) is 2. The van der Waals surface area contributed by atoms with E-state index >= 15 is 0 Å². The van der Waals surface area contributed by atoms with Gasteiger partial charge in [0.1, 0.15) is 10.7 Å². The Morgan fingerprint density at radius 3 is 2.57 bits per heavy atom. The molecule has 0 aliphatic heterocycles. The Labute approximate surface area is 210 Å². The number of nitrogens with two attached hydrogens (primary N) is 1. The number of methoxy groups -OCH3 is 1. The highest BCUT2D eigenvalue weighted by Gasteiger charge is 2.33. The van der Waals surface area contributed by atoms with Crippen molar-refractivity contribution in [1.29, 1.82) is 0 Å². The van der Waals surface area contributed by atoms with Gasteiger partial charge in [0, 0.05) is 26.8 Å². The first-order valence-electron chi connectivity index (χ1n) is 10.7. The zero-order valence-corrected chi connectivity index (χ0v) is 20.9. The minimum absolute atomic E-state index is 0.0585. The minimum atomic E-state index is -1.10. The van der Waals surface area contributed by atoms with Crippen molar-refractivity contribution >= 4 is 39.0 Å². The van der Waals surface area contributed by atoms with Crippen LogP contribution in [0.4, 0.5) is 0 Å². The van der Waals surface area contributed by atoms with E-state index in [1.807, 2.05) is 30.3 Å². The summed E-state index contributed by atoms with van der Waals surface area (Å²) in [5.74, 6) is -0.323. The third-order valence-electron chi connectivity index (χ3n) is 5.69. The highest BCUT2D eigenvalue weighted by Crippen LogP contribution is 2.34. The molecule has 2 aromatic heterocycles. The minimum Gasteiger partial charge on any atom is -0.493 e. The van der Waals surface area contributed by atoms with Crippen molar-refractivity contribution in [3.05, 3.63) is 70.1 Å². The van der Waals surface area contributed by atoms with E-state index in [1.165, 1.54) is 23.1 Å². The number of thiophene rings is 1. The molecule has 3 N–H and O–H groups in total. The number of hydrogen-bond acceptors (Lipinski definition) is 7. The molecular formula is C25H24ClN3O5S. The van der Waals surface area contributed by atoms with E-state index < -0.39 is 17.4 Å². The average molecular weight is 514 g/mol. The molecule has 2 aromatic carbocycles. The molecule has 0 radical (unpaired) electrons. The van der Waals surface area contributed by atoms with E-state index in [1.54, 1.807) is 38.2 Å². The number of aromatic nitrogens is 2. The molecule has 0 amide bonds. The summed E-state index contributed by atoms with van der Waals surface area (Å²) in [6.45, 7) is 3.48. The van der Waals surface area contributed by atoms with E-state index in [-0.39, 0.29) is 12.2 Å². The summed E-state index contributed by atoms with van der Waals surface area (Å²) in [5, 5.41) is 15.0. The number of ether oxygens (including phenoxy) is 2. The van der Waals surface area contributed by atoms with Gasteiger partial charge in [-0.15, -0.1) is 11.3 Å². The van der Waals surface area contributed by atoms with Gasteiger partial charge in [0.05, 0.1) is 25.6 Å². The lowest BCUT2D eigenvalue weighted by molar-refractivity contribution is -0.141. The van der Waals surface area contributed by atoms with Crippen LogP contribution >= 0.6 is 22.9 Å². The van der Waals surface area contributed by atoms with Crippen LogP contribution in [0, 0.1) is 5.41 Å². The highest BCUT2D eigenvalue weighted by atomic mass is 35.5. The summed E-state index contributed by atoms with van der Waals surface area (Å²) >= 11 is 7.38. The van der Waals surface area contributed by atoms with Crippen LogP contribution in [0.15, 0.2) is 59.5 Å². The number of fused-ring (bicyclic) bond motifs is 1. The van der Waals surface area contributed by atoms with Gasteiger partial charge < -0.3 is 20.3 Å². The van der Waals surface area contributed by atoms with Crippen molar-refractivity contribution in [3.8, 4) is 27.6 Å². The molecule has 8 nitrogen and oxygen atoms in total. The van der Waals surface area contributed by atoms with E-state index in [2.05, 4.69) is 5.10 Å². The van der Waals surface area contributed by atoms with Crippen LogP contribution in [0.5, 0.6) is 11.5 Å². The fourth-order valence-electron chi connectivity index (χ4n) is 3.47. The van der Waals surface area contributed by atoms with E-state index in [4.69, 9.17) is 26.8 Å². The van der Waals surface area contributed by atoms with Gasteiger partial charge >= 0.3 is 5.97 Å². The molecule has 1 atom stereocenters. The first-order valence-corrected chi connectivity index (χ1v) is 11.9. The lowest BCUT2D eigenvalue weighted by Crippen LogP contribution is -2.47. The number of aliphatic carboxylic acids is 1. The first kappa shape index (κ1) is 24.7. The second-order valence-corrected chi connectivity index (χ2v) is 10.2. The summed E-state index contributed by atoms with van der Waals surface area (Å²) < 4.78 is 13.2. The Kier molecular flexibility index (Phi) is 6.84. The maximum atomic E-state index is 13.3. The Hall–Kier alpha value is -3.40. The Morgan fingerprint density at radius 2 is 1.91 bits per heavy atom. The molecule has 0 aliphatic rings. The van der Waals surface area contributed by atoms with Crippen molar-refractivity contribution in [2.45, 2.75) is 19.9 Å². The molecule has 4 rings (SSSR count). The van der Waals surface area contributed by atoms with Gasteiger partial charge in [0.2, 0.25) is 0 Å². The standard InChI is InChI=1S/C25H24ClN3O5S/c1-25(2,22(27)24(31)32)13-34-18-9-8-17(11-19(18)33-3)29-23(30)21-15(12-28-29)10-20(35-21)14-4-6-16(26)7-5-14/h4-12,22H,13,27H2,1-3H3,(H,31,32). The lowest BCUT2D eigenvalue weighted by Gasteiger charge is -2.28. The predicted molar refractivity (Wildman–Crippen MR) is 137 cm³/mol. The smallest absolute Gasteiger partial charge is 0.321 e. The van der Waals surface area contributed by atoms with Gasteiger partial charge in [0.15, 0.2) is 11.5 Å². The zero-order valence-electron chi connectivity index (χ0n) is 19.3. The molecule has 182 valence electrons. The van der Waals surface area contributed by atoms with Crippen LogP contribution in [0.3, 0.4) is 0 Å². The molecule has 10 heteroatoms. The van der Waals surface area contributed by atoms with E-state index in [9.17, 15) is 14.7 Å². The molecule has 0 saturated carbocycles. The van der Waals surface area contributed by atoms with Gasteiger partial charge in [0.25, 0.3) is 5.56 Å². The largest absolute Gasteiger partial charge is 0.493 e. The van der Waals surface area contributed by atoms with Crippen molar-refractivity contribution in [1.82, 2.24) is 9.78 Å². The van der Waals surface area contributed by atoms with Gasteiger partial charge in [-0.1, -0.05) is 37.6 Å². The molecule has 0 fully saturated rings. The monoisotopic (exact) mass is 513 g/mol. The Balaban J connectivity index is 1.64. The molecule has 0 aliphatic carbocycles. The van der Waals surface area contributed by atoms with Crippen LogP contribution in [0.2, 0.25) is 5.02 Å². The third kappa shape index (κ3) is 5.02. The number of carboxylic acid groups (broad SMARTS) is 1. The predicted octanol–water partition coefficient (Wildman–Crippen LogP) is 4.59. The van der Waals surface area contributed by atoms with Crippen LogP contribution in [0.1, 0.15) is 13.8 Å². The second kappa shape index (κ2) is 9.69. The van der Waals surface area contributed by atoms with Crippen molar-refractivity contribution in [2.75, 3.05) is 13.7 Å². The summed E-state index contributed by atoms with van der Waals surface area (Å²) in [7, 11) is 1.48. The number of carbonyl (C=O) groups is 1. The van der Waals surface area contributed by atoms with E-state index in [0.29, 0.717) is 26.9 Å². The summed E-state index contributed by atoms with van der Waals surface area (Å²) in [6.07, 6.45) is 1.65. The second-order valence-electron chi connectivity index (χ2n) is 8.69. The topological polar surface area (TPSA) is 117 Å². The first-order chi connectivity index (χ1) is 16.6. The zero-order chi connectivity index (χ0) is 25.3. The fourth-order valence-corrected chi connectivity index (χ4v) is 4.66. The molecule has 1 unspecified atom stereocenters. The quantitative estimate of drug-likeness (QED) is 0.354. The average Bonchev–Trinajstić information content (AvgIpc) is 3.28. The maximum Gasteiger partial charge on any atom is 0.321 e. The van der Waals surface area contributed by atoms with E-state index in [0.717, 1.165) is 15.8 Å². The number of benzene rings is 2. The van der Waals surface area contributed by atoms with Gasteiger partial charge in [-0.3, -0.25) is 9.59 Å². The molecule has 0 saturated heterocycles. The highest BCUT2D eigenvalue weighted by molar-refractivity contribution is 7.22. The van der Waals surface area contributed by atoms with Crippen molar-refractivity contribution < 1.29 is 19.4 Å². The SMILES string of the molecule is COc1cc(-n2ncc3cc(-c4ccc(Cl)cc4)sc3c2=O)ccc1OCC(C)(C)C(N)C(=O)O. The van der Waals surface area contributed by atoms with Crippen molar-refractivity contribution in [2.24, 2.45) is 11.1 Å². The lowest BCUT2D eigenvalue weighted by atomic mass is 9.86. The molecule has 35 heavy (non-hydrogen) atoms. The summed E-state index contributed by atoms with van der Waals surface area (Å²) in [6, 6.07) is 13.3. The number of carboxylic acids is 1. The Bertz CT molecular complexity index is 1450. The normalized spacial score (nSPS) is 12.5. The van der Waals surface area contributed by atoms with Gasteiger partial charge in [-0.05, 0) is 35.9 Å². The maximum absolute atomic E-state index is 13.3. The summed E-state index contributed by atoms with van der Waals surface area (Å²) in [4.78, 5) is 25.5. The van der Waals surface area contributed by atoms with Crippen LogP contribution in [-0.4, -0.2) is 40.6 Å². The van der Waals surface area contributed by atoms with Crippen LogP contribution in [-0.2, 0) is 4.79 Å². The fraction of sp³-hybridized carbons (Fsp3) is 0.240. The summed E-state index contributed by atoms with van der Waals surface area (Å²) in [5.41, 5.74) is 6.17. The molecular weight excluding hydrogens is 490 g/mol. The van der Waals surface area contributed by atoms with Crippen LogP contribution < -0.4 is 20.8 Å². The number of nitrogens with zero attached hydrogens (tertiary/aromatic N) is 2. The molecule has 0 bridgehead atoms. The van der Waals surface area contributed by atoms with Crippen LogP contribution in [0.25, 0.3) is 26.2 Å². The molecule has 2 heterocycles. The van der Waals surface area contributed by atoms with Gasteiger partial charge in [-0.2, -0.15) is 9.78 Å². The van der Waals surface area contributed by atoms with Crippen molar-refractivity contribution in [3.63, 3.8) is 0 Å².